The molecule has 1 aliphatic rings. The summed E-state index contributed by atoms with van der Waals surface area (Å²) in [5, 5.41) is 4.51. The van der Waals surface area contributed by atoms with Gasteiger partial charge in [0.2, 0.25) is 5.95 Å². The molecule has 0 bridgehead atoms. The largest absolute Gasteiger partial charge is 0.368 e. The van der Waals surface area contributed by atoms with Crippen molar-refractivity contribution in [3.05, 3.63) is 59.5 Å². The average molecular weight is 436 g/mol. The van der Waals surface area contributed by atoms with Crippen LogP contribution in [0.3, 0.4) is 0 Å². The molecule has 2 aromatic heterocycles. The van der Waals surface area contributed by atoms with E-state index in [9.17, 15) is 0 Å². The number of nitrogen functional groups attached to an aromatic ring is 1. The minimum absolute atomic E-state index is 0. The van der Waals surface area contributed by atoms with Crippen LogP contribution in [0.15, 0.2) is 42.7 Å². The number of rotatable bonds is 5. The summed E-state index contributed by atoms with van der Waals surface area (Å²) in [6, 6.07) is 10.5. The predicted octanol–water partition coefficient (Wildman–Crippen LogP) is 3.24. The lowest BCUT2D eigenvalue weighted by Gasteiger charge is -2.32. The van der Waals surface area contributed by atoms with Crippen molar-refractivity contribution in [2.24, 2.45) is 5.73 Å². The fourth-order valence-electron chi connectivity index (χ4n) is 3.53. The number of para-hydroxylation sites is 1. The number of nitrogens with zero attached hydrogens (tertiary/aromatic N) is 5. The number of aryl methyl sites for hydroxylation is 1. The smallest absolute Gasteiger partial charge is 0.222 e. The van der Waals surface area contributed by atoms with E-state index in [0.29, 0.717) is 18.4 Å². The Morgan fingerprint density at radius 2 is 1.90 bits per heavy atom. The number of nitrogens with two attached hydrogens (primary N) is 2. The van der Waals surface area contributed by atoms with E-state index >= 15 is 0 Å². The van der Waals surface area contributed by atoms with E-state index in [-0.39, 0.29) is 30.9 Å². The standard InChI is InChI=1S/C20H25N7.2ClH/c1-13-5-3-4-6-18(13)27-12-14(10-23-27)11-26(2)19-9-17(24-20(22)25-19)15-7-16(21)8-15;;/h3-6,9-10,12,15-16H,7-8,11,21H2,1-2H3,(H2,22,24,25);2*1H. The van der Waals surface area contributed by atoms with Gasteiger partial charge in [-0.1, -0.05) is 18.2 Å². The first-order chi connectivity index (χ1) is 13.0. The van der Waals surface area contributed by atoms with Gasteiger partial charge in [-0.05, 0) is 31.4 Å². The maximum Gasteiger partial charge on any atom is 0.222 e. The van der Waals surface area contributed by atoms with Gasteiger partial charge < -0.3 is 16.4 Å². The Balaban J connectivity index is 0.00000150. The summed E-state index contributed by atoms with van der Waals surface area (Å²) in [6.07, 6.45) is 5.86. The van der Waals surface area contributed by atoms with Gasteiger partial charge in [0.15, 0.2) is 0 Å². The van der Waals surface area contributed by atoms with Crippen LogP contribution >= 0.6 is 24.8 Å². The molecule has 0 radical (unpaired) electrons. The van der Waals surface area contributed by atoms with Crippen molar-refractivity contribution in [3.8, 4) is 5.69 Å². The van der Waals surface area contributed by atoms with Crippen LogP contribution in [0.1, 0.15) is 35.6 Å². The highest BCUT2D eigenvalue weighted by atomic mass is 35.5. The van der Waals surface area contributed by atoms with E-state index in [1.54, 1.807) is 0 Å². The fraction of sp³-hybridized carbons (Fsp3) is 0.350. The first-order valence-corrected chi connectivity index (χ1v) is 9.20. The first kappa shape index (κ1) is 22.9. The van der Waals surface area contributed by atoms with Gasteiger partial charge in [0.1, 0.15) is 5.82 Å². The number of hydrogen-bond donors (Lipinski definition) is 2. The number of anilines is 2. The second-order valence-electron chi connectivity index (χ2n) is 7.37. The van der Waals surface area contributed by atoms with Gasteiger partial charge in [-0.25, -0.2) is 9.67 Å². The SMILES string of the molecule is Cc1ccccc1-n1cc(CN(C)c2cc(C3CC(N)C3)nc(N)n2)cn1.Cl.Cl. The Morgan fingerprint density at radius 1 is 1.17 bits per heavy atom. The monoisotopic (exact) mass is 435 g/mol. The number of aromatic nitrogens is 4. The lowest BCUT2D eigenvalue weighted by atomic mass is 9.78. The molecule has 0 saturated heterocycles. The van der Waals surface area contributed by atoms with Crippen molar-refractivity contribution in [1.82, 2.24) is 19.7 Å². The first-order valence-electron chi connectivity index (χ1n) is 9.20. The van der Waals surface area contributed by atoms with Crippen molar-refractivity contribution in [1.29, 1.82) is 0 Å². The minimum atomic E-state index is 0. The van der Waals surface area contributed by atoms with Crippen LogP contribution in [0.4, 0.5) is 11.8 Å². The molecule has 1 saturated carbocycles. The average Bonchev–Trinajstić information content (AvgIpc) is 3.07. The van der Waals surface area contributed by atoms with Gasteiger partial charge in [-0.3, -0.25) is 0 Å². The van der Waals surface area contributed by atoms with E-state index in [0.717, 1.165) is 35.6 Å². The molecule has 2 heterocycles. The summed E-state index contributed by atoms with van der Waals surface area (Å²) in [6.45, 7) is 2.77. The van der Waals surface area contributed by atoms with Crippen LogP contribution in [-0.4, -0.2) is 32.8 Å². The predicted molar refractivity (Wildman–Crippen MR) is 121 cm³/mol. The highest BCUT2D eigenvalue weighted by Gasteiger charge is 2.29. The van der Waals surface area contributed by atoms with Crippen LogP contribution in [0.5, 0.6) is 0 Å². The summed E-state index contributed by atoms with van der Waals surface area (Å²) in [7, 11) is 2.00. The molecule has 3 aromatic rings. The molecule has 7 nitrogen and oxygen atoms in total. The maximum atomic E-state index is 5.94. The Labute approximate surface area is 183 Å². The fourth-order valence-corrected chi connectivity index (χ4v) is 3.53. The zero-order valence-electron chi connectivity index (χ0n) is 16.5. The second-order valence-corrected chi connectivity index (χ2v) is 7.37. The molecule has 4 N–H and O–H groups in total. The number of halogens is 2. The van der Waals surface area contributed by atoms with Crippen LogP contribution in [0, 0.1) is 6.92 Å². The van der Waals surface area contributed by atoms with E-state index in [4.69, 9.17) is 11.5 Å². The molecule has 0 spiro atoms. The molecule has 29 heavy (non-hydrogen) atoms. The number of hydrogen-bond acceptors (Lipinski definition) is 6. The lowest BCUT2D eigenvalue weighted by molar-refractivity contribution is 0.345. The summed E-state index contributed by atoms with van der Waals surface area (Å²) in [4.78, 5) is 10.9. The van der Waals surface area contributed by atoms with Gasteiger partial charge in [0.05, 0.1) is 17.6 Å². The summed E-state index contributed by atoms with van der Waals surface area (Å²) in [5.41, 5.74) is 16.2. The van der Waals surface area contributed by atoms with Gasteiger partial charge in [-0.2, -0.15) is 10.1 Å². The summed E-state index contributed by atoms with van der Waals surface area (Å²) in [5.74, 6) is 1.52. The van der Waals surface area contributed by atoms with Crippen molar-refractivity contribution >= 4 is 36.6 Å². The molecule has 0 aliphatic heterocycles. The summed E-state index contributed by atoms with van der Waals surface area (Å²) < 4.78 is 1.91. The van der Waals surface area contributed by atoms with Crippen LogP contribution in [-0.2, 0) is 6.54 Å². The quantitative estimate of drug-likeness (QED) is 0.637. The molecule has 0 atom stereocenters. The van der Waals surface area contributed by atoms with E-state index in [1.165, 1.54) is 5.56 Å². The molecule has 1 aromatic carbocycles. The normalized spacial score (nSPS) is 17.6. The Kier molecular flexibility index (Phi) is 7.46. The summed E-state index contributed by atoms with van der Waals surface area (Å²) >= 11 is 0. The van der Waals surface area contributed by atoms with Crippen molar-refractivity contribution in [2.45, 2.75) is 38.3 Å². The second kappa shape index (κ2) is 9.43. The number of benzene rings is 1. The van der Waals surface area contributed by atoms with E-state index in [1.807, 2.05) is 36.1 Å². The highest BCUT2D eigenvalue weighted by Crippen LogP contribution is 2.35. The van der Waals surface area contributed by atoms with Crippen LogP contribution < -0.4 is 16.4 Å². The Bertz CT molecular complexity index is 954. The van der Waals surface area contributed by atoms with Crippen molar-refractivity contribution in [2.75, 3.05) is 17.7 Å². The maximum absolute atomic E-state index is 5.94. The van der Waals surface area contributed by atoms with Gasteiger partial charge in [0, 0.05) is 43.4 Å². The molecule has 156 valence electrons. The minimum Gasteiger partial charge on any atom is -0.368 e. The Hall–Kier alpha value is -2.35. The zero-order chi connectivity index (χ0) is 19.0. The topological polar surface area (TPSA) is 98.9 Å². The molecular weight excluding hydrogens is 409 g/mol. The van der Waals surface area contributed by atoms with Gasteiger partial charge >= 0.3 is 0 Å². The third-order valence-corrected chi connectivity index (χ3v) is 5.15. The Morgan fingerprint density at radius 3 is 2.59 bits per heavy atom. The zero-order valence-corrected chi connectivity index (χ0v) is 18.2. The van der Waals surface area contributed by atoms with Crippen LogP contribution in [0.25, 0.3) is 5.69 Å². The third-order valence-electron chi connectivity index (χ3n) is 5.15. The molecule has 9 heteroatoms. The van der Waals surface area contributed by atoms with Crippen molar-refractivity contribution in [3.63, 3.8) is 0 Å². The van der Waals surface area contributed by atoms with Gasteiger partial charge in [0.25, 0.3) is 0 Å². The van der Waals surface area contributed by atoms with Crippen molar-refractivity contribution < 1.29 is 0 Å². The van der Waals surface area contributed by atoms with Gasteiger partial charge in [-0.15, -0.1) is 24.8 Å². The molecule has 4 rings (SSSR count). The van der Waals surface area contributed by atoms with E-state index in [2.05, 4.69) is 45.2 Å². The molecule has 1 aliphatic carbocycles. The van der Waals surface area contributed by atoms with E-state index < -0.39 is 0 Å². The molecule has 1 fully saturated rings. The molecular formula is C20H27Cl2N7. The van der Waals surface area contributed by atoms with Crippen LogP contribution in [0.2, 0.25) is 0 Å². The molecule has 0 unspecified atom stereocenters. The highest BCUT2D eigenvalue weighted by molar-refractivity contribution is 5.85. The molecule has 0 amide bonds. The third kappa shape index (κ3) is 4.98. The lowest BCUT2D eigenvalue weighted by Crippen LogP contribution is -2.35.